The third-order valence-electron chi connectivity index (χ3n) is 6.02. The second kappa shape index (κ2) is 7.53. The summed E-state index contributed by atoms with van der Waals surface area (Å²) < 4.78 is 46.3. The number of fused-ring (bicyclic) bond motifs is 1. The minimum absolute atomic E-state index is 0.133. The zero-order valence-corrected chi connectivity index (χ0v) is 19.1. The summed E-state index contributed by atoms with van der Waals surface area (Å²) in [6.07, 6.45) is 0. The van der Waals surface area contributed by atoms with Crippen molar-refractivity contribution in [3.8, 4) is 0 Å². The summed E-state index contributed by atoms with van der Waals surface area (Å²) in [6, 6.07) is 12.0. The molecular formula is C21H25BClNO5S. The normalized spacial score (nSPS) is 20.7. The van der Waals surface area contributed by atoms with Gasteiger partial charge in [0.1, 0.15) is 0 Å². The van der Waals surface area contributed by atoms with Gasteiger partial charge in [-0.25, -0.2) is 8.42 Å². The number of benzene rings is 2. The number of anilines is 1. The Bertz CT molecular complexity index is 1060. The first kappa shape index (κ1) is 21.6. The molecule has 2 heterocycles. The van der Waals surface area contributed by atoms with Crippen LogP contribution in [0, 0.1) is 0 Å². The van der Waals surface area contributed by atoms with Crippen molar-refractivity contribution in [3.05, 3.63) is 53.1 Å². The van der Waals surface area contributed by atoms with Gasteiger partial charge in [-0.2, -0.15) is 0 Å². The molecule has 2 aliphatic heterocycles. The molecule has 6 nitrogen and oxygen atoms in total. The Hall–Kier alpha value is -1.58. The Morgan fingerprint density at radius 3 is 2.40 bits per heavy atom. The van der Waals surface area contributed by atoms with Crippen LogP contribution >= 0.6 is 11.6 Å². The van der Waals surface area contributed by atoms with Crippen LogP contribution < -0.4 is 9.77 Å². The Kier molecular flexibility index (Phi) is 5.44. The van der Waals surface area contributed by atoms with Crippen LogP contribution in [0.15, 0.2) is 47.4 Å². The van der Waals surface area contributed by atoms with Crippen LogP contribution in [0.2, 0.25) is 5.02 Å². The van der Waals surface area contributed by atoms with Gasteiger partial charge in [-0.05, 0) is 52.0 Å². The molecule has 0 unspecified atom stereocenters. The van der Waals surface area contributed by atoms with Crippen molar-refractivity contribution < 1.29 is 22.5 Å². The quantitative estimate of drug-likeness (QED) is 0.672. The van der Waals surface area contributed by atoms with Gasteiger partial charge in [0.05, 0.1) is 41.5 Å². The van der Waals surface area contributed by atoms with Gasteiger partial charge in [0.25, 0.3) is 10.0 Å². The van der Waals surface area contributed by atoms with Crippen LogP contribution in [-0.2, 0) is 30.7 Å². The van der Waals surface area contributed by atoms with Gasteiger partial charge in [0.2, 0.25) is 0 Å². The minimum atomic E-state index is -3.84. The molecule has 0 spiro atoms. The standard InChI is InChI=1S/C21H25BClNO5S/c1-20(2)21(3,4)29-22(28-20)17-13-16(9-10-18(17)23)30(25,26)24-11-12-27-14-15-7-5-6-8-19(15)24/h5-10,13H,11-12,14H2,1-4H3. The maximum atomic E-state index is 13.6. The first-order chi connectivity index (χ1) is 14.0. The summed E-state index contributed by atoms with van der Waals surface area (Å²) >= 11 is 6.42. The highest BCUT2D eigenvalue weighted by molar-refractivity contribution is 7.92. The molecule has 0 aromatic heterocycles. The summed E-state index contributed by atoms with van der Waals surface area (Å²) in [5.74, 6) is 0. The number of hydrogen-bond donors (Lipinski definition) is 0. The van der Waals surface area contributed by atoms with Crippen molar-refractivity contribution in [2.45, 2.75) is 50.4 Å². The number of ether oxygens (including phenoxy) is 1. The van der Waals surface area contributed by atoms with Crippen LogP contribution in [0.25, 0.3) is 0 Å². The highest BCUT2D eigenvalue weighted by Crippen LogP contribution is 2.37. The number of sulfonamides is 1. The number of para-hydroxylation sites is 1. The Labute approximate surface area is 183 Å². The average Bonchev–Trinajstić information content (AvgIpc) is 2.82. The smallest absolute Gasteiger partial charge is 0.399 e. The maximum Gasteiger partial charge on any atom is 0.496 e. The fraction of sp³-hybridized carbons (Fsp3) is 0.429. The van der Waals surface area contributed by atoms with Gasteiger partial charge in [-0.3, -0.25) is 4.31 Å². The van der Waals surface area contributed by atoms with E-state index in [1.165, 1.54) is 10.4 Å². The van der Waals surface area contributed by atoms with E-state index in [0.717, 1.165) is 5.56 Å². The predicted molar refractivity (Wildman–Crippen MR) is 118 cm³/mol. The lowest BCUT2D eigenvalue weighted by Crippen LogP contribution is -2.41. The molecule has 0 N–H and O–H groups in total. The van der Waals surface area contributed by atoms with E-state index >= 15 is 0 Å². The molecule has 2 aromatic carbocycles. The SMILES string of the molecule is CC1(C)OB(c2cc(S(=O)(=O)N3CCOCc4ccccc43)ccc2Cl)OC1(C)C. The number of hydrogen-bond acceptors (Lipinski definition) is 5. The van der Waals surface area contributed by atoms with Gasteiger partial charge >= 0.3 is 7.12 Å². The summed E-state index contributed by atoms with van der Waals surface area (Å²) in [7, 11) is -4.59. The van der Waals surface area contributed by atoms with Crippen molar-refractivity contribution in [3.63, 3.8) is 0 Å². The van der Waals surface area contributed by atoms with Crippen LogP contribution in [0.1, 0.15) is 33.3 Å². The second-order valence-corrected chi connectivity index (χ2v) is 10.8. The summed E-state index contributed by atoms with van der Waals surface area (Å²) in [4.78, 5) is 0.133. The Morgan fingerprint density at radius 2 is 1.70 bits per heavy atom. The number of halogens is 1. The lowest BCUT2D eigenvalue weighted by molar-refractivity contribution is 0.00578. The predicted octanol–water partition coefficient (Wildman–Crippen LogP) is 3.36. The zero-order valence-electron chi connectivity index (χ0n) is 17.5. The van der Waals surface area contributed by atoms with E-state index < -0.39 is 28.3 Å². The maximum absolute atomic E-state index is 13.6. The monoisotopic (exact) mass is 449 g/mol. The van der Waals surface area contributed by atoms with E-state index in [-0.39, 0.29) is 11.4 Å². The molecule has 160 valence electrons. The van der Waals surface area contributed by atoms with E-state index in [9.17, 15) is 8.42 Å². The fourth-order valence-electron chi connectivity index (χ4n) is 3.54. The molecule has 0 atom stereocenters. The molecule has 0 radical (unpaired) electrons. The largest absolute Gasteiger partial charge is 0.496 e. The van der Waals surface area contributed by atoms with Gasteiger partial charge in [-0.1, -0.05) is 29.8 Å². The number of rotatable bonds is 3. The molecule has 2 aromatic rings. The Morgan fingerprint density at radius 1 is 1.03 bits per heavy atom. The summed E-state index contributed by atoms with van der Waals surface area (Å²) in [5, 5.41) is 0.395. The van der Waals surface area contributed by atoms with Crippen molar-refractivity contribution in [1.29, 1.82) is 0 Å². The lowest BCUT2D eigenvalue weighted by Gasteiger charge is -2.32. The summed E-state index contributed by atoms with van der Waals surface area (Å²) in [5.41, 5.74) is 0.838. The lowest BCUT2D eigenvalue weighted by atomic mass is 9.79. The van der Waals surface area contributed by atoms with Crippen LogP contribution in [0.3, 0.4) is 0 Å². The number of nitrogens with zero attached hydrogens (tertiary/aromatic N) is 1. The van der Waals surface area contributed by atoms with E-state index in [1.54, 1.807) is 18.2 Å². The molecule has 1 fully saturated rings. The van der Waals surface area contributed by atoms with Gasteiger partial charge in [0, 0.05) is 16.0 Å². The van der Waals surface area contributed by atoms with Gasteiger partial charge in [-0.15, -0.1) is 0 Å². The fourth-order valence-corrected chi connectivity index (χ4v) is 5.27. The molecule has 0 amide bonds. The molecule has 0 aliphatic carbocycles. The first-order valence-corrected chi connectivity index (χ1v) is 11.7. The summed E-state index contributed by atoms with van der Waals surface area (Å²) in [6.45, 7) is 8.68. The van der Waals surface area contributed by atoms with Crippen molar-refractivity contribution >= 4 is 39.9 Å². The Balaban J connectivity index is 1.74. The highest BCUT2D eigenvalue weighted by Gasteiger charge is 2.52. The highest BCUT2D eigenvalue weighted by atomic mass is 35.5. The van der Waals surface area contributed by atoms with Crippen LogP contribution in [0.4, 0.5) is 5.69 Å². The third kappa shape index (κ3) is 3.65. The van der Waals surface area contributed by atoms with E-state index in [0.29, 0.717) is 29.4 Å². The van der Waals surface area contributed by atoms with Gasteiger partial charge in [0.15, 0.2) is 0 Å². The molecular weight excluding hydrogens is 425 g/mol. The average molecular weight is 450 g/mol. The van der Waals surface area contributed by atoms with E-state index in [4.69, 9.17) is 25.6 Å². The van der Waals surface area contributed by atoms with Crippen LogP contribution in [0.5, 0.6) is 0 Å². The van der Waals surface area contributed by atoms with Crippen molar-refractivity contribution in [1.82, 2.24) is 0 Å². The molecule has 4 rings (SSSR count). The second-order valence-electron chi connectivity index (χ2n) is 8.53. The topological polar surface area (TPSA) is 65.1 Å². The third-order valence-corrected chi connectivity index (χ3v) is 8.17. The van der Waals surface area contributed by atoms with E-state index in [2.05, 4.69) is 0 Å². The van der Waals surface area contributed by atoms with Crippen molar-refractivity contribution in [2.24, 2.45) is 0 Å². The molecule has 0 saturated carbocycles. The zero-order chi connectivity index (χ0) is 21.7. The molecule has 1 saturated heterocycles. The first-order valence-electron chi connectivity index (χ1n) is 9.86. The molecule has 0 bridgehead atoms. The van der Waals surface area contributed by atoms with Crippen LogP contribution in [-0.4, -0.2) is 39.9 Å². The van der Waals surface area contributed by atoms with E-state index in [1.807, 2.05) is 45.9 Å². The molecule has 30 heavy (non-hydrogen) atoms. The van der Waals surface area contributed by atoms with Gasteiger partial charge < -0.3 is 14.0 Å². The minimum Gasteiger partial charge on any atom is -0.399 e. The molecule has 2 aliphatic rings. The molecule has 9 heteroatoms. The van der Waals surface area contributed by atoms with Crippen molar-refractivity contribution in [2.75, 3.05) is 17.5 Å².